The smallest absolute Gasteiger partial charge is 0.0706 e. The number of anilines is 1. The molecule has 2 N–H and O–H groups in total. The van der Waals surface area contributed by atoms with Crippen LogP contribution < -0.4 is 10.6 Å². The number of aromatic nitrogens is 1. The van der Waals surface area contributed by atoms with Crippen LogP contribution in [0, 0.1) is 13.8 Å². The molecule has 0 aliphatic carbocycles. The first-order valence-electron chi connectivity index (χ1n) is 10.6. The SMILES string of the molecule is Cc1cccc(C)c1NCCNC(Cc1ccccc1)c1ccc2ccccc2n1. The summed E-state index contributed by atoms with van der Waals surface area (Å²) < 4.78 is 0. The summed E-state index contributed by atoms with van der Waals surface area (Å²) in [6.45, 7) is 6.03. The fourth-order valence-electron chi connectivity index (χ4n) is 3.93. The lowest BCUT2D eigenvalue weighted by atomic mass is 10.0. The van der Waals surface area contributed by atoms with Gasteiger partial charge >= 0.3 is 0 Å². The van der Waals surface area contributed by atoms with Gasteiger partial charge in [0, 0.05) is 24.2 Å². The summed E-state index contributed by atoms with van der Waals surface area (Å²) in [5.41, 5.74) is 7.25. The van der Waals surface area contributed by atoms with Gasteiger partial charge in [-0.3, -0.25) is 4.98 Å². The van der Waals surface area contributed by atoms with Crippen LogP contribution in [0.4, 0.5) is 5.69 Å². The van der Waals surface area contributed by atoms with E-state index >= 15 is 0 Å². The summed E-state index contributed by atoms with van der Waals surface area (Å²) >= 11 is 0. The highest BCUT2D eigenvalue weighted by molar-refractivity contribution is 5.78. The Morgan fingerprint density at radius 2 is 1.47 bits per heavy atom. The number of benzene rings is 3. The topological polar surface area (TPSA) is 37.0 Å². The Bertz CT molecular complexity index is 1090. The lowest BCUT2D eigenvalue weighted by molar-refractivity contribution is 0.531. The first kappa shape index (κ1) is 20.1. The van der Waals surface area contributed by atoms with Crippen molar-refractivity contribution in [3.63, 3.8) is 0 Å². The van der Waals surface area contributed by atoms with Gasteiger partial charge in [-0.2, -0.15) is 0 Å². The van der Waals surface area contributed by atoms with Crippen molar-refractivity contribution in [2.24, 2.45) is 0 Å². The Morgan fingerprint density at radius 3 is 2.27 bits per heavy atom. The predicted molar refractivity (Wildman–Crippen MR) is 127 cm³/mol. The number of pyridine rings is 1. The maximum absolute atomic E-state index is 4.95. The van der Waals surface area contributed by atoms with Crippen molar-refractivity contribution >= 4 is 16.6 Å². The van der Waals surface area contributed by atoms with Crippen LogP contribution in [0.25, 0.3) is 10.9 Å². The van der Waals surface area contributed by atoms with Crippen molar-refractivity contribution in [2.75, 3.05) is 18.4 Å². The van der Waals surface area contributed by atoms with Gasteiger partial charge in [0.15, 0.2) is 0 Å². The molecule has 30 heavy (non-hydrogen) atoms. The number of aryl methyl sites for hydroxylation is 2. The van der Waals surface area contributed by atoms with Crippen molar-refractivity contribution in [3.05, 3.63) is 107 Å². The zero-order chi connectivity index (χ0) is 20.8. The number of fused-ring (bicyclic) bond motifs is 1. The molecule has 1 aromatic heterocycles. The van der Waals surface area contributed by atoms with E-state index in [9.17, 15) is 0 Å². The molecule has 0 saturated carbocycles. The highest BCUT2D eigenvalue weighted by Crippen LogP contribution is 2.21. The molecule has 4 rings (SSSR count). The molecule has 0 fully saturated rings. The predicted octanol–water partition coefficient (Wildman–Crippen LogP) is 5.84. The van der Waals surface area contributed by atoms with Crippen molar-refractivity contribution in [2.45, 2.75) is 26.3 Å². The van der Waals surface area contributed by atoms with Gasteiger partial charge in [0.1, 0.15) is 0 Å². The van der Waals surface area contributed by atoms with Crippen LogP contribution in [-0.4, -0.2) is 18.1 Å². The van der Waals surface area contributed by atoms with Gasteiger partial charge in [0.25, 0.3) is 0 Å². The quantitative estimate of drug-likeness (QED) is 0.368. The molecule has 0 saturated heterocycles. The molecular weight excluding hydrogens is 366 g/mol. The minimum absolute atomic E-state index is 0.164. The molecule has 3 aromatic carbocycles. The van der Waals surface area contributed by atoms with Crippen LogP contribution in [-0.2, 0) is 6.42 Å². The van der Waals surface area contributed by atoms with E-state index in [4.69, 9.17) is 4.98 Å². The van der Waals surface area contributed by atoms with E-state index in [1.165, 1.54) is 27.8 Å². The molecule has 3 heteroatoms. The summed E-state index contributed by atoms with van der Waals surface area (Å²) in [6.07, 6.45) is 0.912. The van der Waals surface area contributed by atoms with Crippen molar-refractivity contribution in [3.8, 4) is 0 Å². The molecule has 1 atom stereocenters. The Hall–Kier alpha value is -3.17. The fraction of sp³-hybridized carbons (Fsp3) is 0.222. The fourth-order valence-corrected chi connectivity index (χ4v) is 3.93. The molecule has 1 unspecified atom stereocenters. The van der Waals surface area contributed by atoms with Gasteiger partial charge in [-0.1, -0.05) is 72.8 Å². The van der Waals surface area contributed by atoms with Gasteiger partial charge < -0.3 is 10.6 Å². The van der Waals surface area contributed by atoms with Crippen molar-refractivity contribution in [1.29, 1.82) is 0 Å². The highest BCUT2D eigenvalue weighted by atomic mass is 15.0. The Balaban J connectivity index is 1.48. The average molecular weight is 396 g/mol. The molecule has 0 aliphatic rings. The molecular formula is C27H29N3. The third-order valence-electron chi connectivity index (χ3n) is 5.56. The third-order valence-corrected chi connectivity index (χ3v) is 5.56. The minimum atomic E-state index is 0.164. The van der Waals surface area contributed by atoms with Crippen LogP contribution in [0.5, 0.6) is 0 Å². The second kappa shape index (κ2) is 9.55. The van der Waals surface area contributed by atoms with E-state index in [1.54, 1.807) is 0 Å². The monoisotopic (exact) mass is 395 g/mol. The zero-order valence-corrected chi connectivity index (χ0v) is 17.7. The largest absolute Gasteiger partial charge is 0.383 e. The molecule has 0 bridgehead atoms. The van der Waals surface area contributed by atoms with E-state index in [0.29, 0.717) is 0 Å². The van der Waals surface area contributed by atoms with E-state index in [0.717, 1.165) is 30.7 Å². The second-order valence-electron chi connectivity index (χ2n) is 7.82. The zero-order valence-electron chi connectivity index (χ0n) is 17.7. The first-order valence-corrected chi connectivity index (χ1v) is 10.6. The third kappa shape index (κ3) is 4.87. The number of hydrogen-bond acceptors (Lipinski definition) is 3. The average Bonchev–Trinajstić information content (AvgIpc) is 2.78. The van der Waals surface area contributed by atoms with Gasteiger partial charge in [-0.05, 0) is 49.1 Å². The van der Waals surface area contributed by atoms with Crippen molar-refractivity contribution in [1.82, 2.24) is 10.3 Å². The minimum Gasteiger partial charge on any atom is -0.383 e. The molecule has 0 amide bonds. The molecule has 0 spiro atoms. The standard InChI is InChI=1S/C27H29N3/c1-20-9-8-10-21(2)27(20)29-18-17-28-26(19-22-11-4-3-5-12-22)25-16-15-23-13-6-7-14-24(23)30-25/h3-16,26,28-29H,17-19H2,1-2H3. The summed E-state index contributed by atoms with van der Waals surface area (Å²) in [5, 5.41) is 8.51. The lowest BCUT2D eigenvalue weighted by Crippen LogP contribution is -2.29. The van der Waals surface area contributed by atoms with E-state index in [1.807, 2.05) is 6.07 Å². The maximum Gasteiger partial charge on any atom is 0.0706 e. The number of nitrogens with one attached hydrogen (secondary N) is 2. The van der Waals surface area contributed by atoms with Gasteiger partial charge in [-0.15, -0.1) is 0 Å². The Morgan fingerprint density at radius 1 is 0.733 bits per heavy atom. The Labute approximate surface area is 179 Å². The summed E-state index contributed by atoms with van der Waals surface area (Å²) in [4.78, 5) is 4.95. The van der Waals surface area contributed by atoms with Crippen LogP contribution in [0.1, 0.15) is 28.4 Å². The lowest BCUT2D eigenvalue weighted by Gasteiger charge is -2.20. The molecule has 4 aromatic rings. The van der Waals surface area contributed by atoms with E-state index < -0.39 is 0 Å². The van der Waals surface area contributed by atoms with Crippen LogP contribution in [0.3, 0.4) is 0 Å². The molecule has 0 aliphatic heterocycles. The first-order chi connectivity index (χ1) is 14.7. The maximum atomic E-state index is 4.95. The van der Waals surface area contributed by atoms with Gasteiger partial charge in [0.05, 0.1) is 17.3 Å². The number of hydrogen-bond donors (Lipinski definition) is 2. The van der Waals surface area contributed by atoms with E-state index in [-0.39, 0.29) is 6.04 Å². The van der Waals surface area contributed by atoms with Gasteiger partial charge in [-0.25, -0.2) is 0 Å². The molecule has 3 nitrogen and oxygen atoms in total. The van der Waals surface area contributed by atoms with Gasteiger partial charge in [0.2, 0.25) is 0 Å². The highest BCUT2D eigenvalue weighted by Gasteiger charge is 2.14. The summed E-state index contributed by atoms with van der Waals surface area (Å²) in [7, 11) is 0. The Kier molecular flexibility index (Phi) is 6.41. The van der Waals surface area contributed by atoms with E-state index in [2.05, 4.69) is 103 Å². The molecule has 152 valence electrons. The summed E-state index contributed by atoms with van der Waals surface area (Å²) in [6, 6.07) is 29.8. The summed E-state index contributed by atoms with van der Waals surface area (Å²) in [5.74, 6) is 0. The second-order valence-corrected chi connectivity index (χ2v) is 7.82. The van der Waals surface area contributed by atoms with Crippen LogP contribution in [0.15, 0.2) is 84.9 Å². The molecule has 1 heterocycles. The number of nitrogens with zero attached hydrogens (tertiary/aromatic N) is 1. The van der Waals surface area contributed by atoms with Crippen LogP contribution in [0.2, 0.25) is 0 Å². The van der Waals surface area contributed by atoms with Crippen molar-refractivity contribution < 1.29 is 0 Å². The number of rotatable bonds is 8. The number of para-hydroxylation sites is 2. The normalized spacial score (nSPS) is 12.1. The molecule has 0 radical (unpaired) electrons. The van der Waals surface area contributed by atoms with Crippen LogP contribution >= 0.6 is 0 Å².